The monoisotopic (exact) mass is 383 g/mol. The molecule has 28 heavy (non-hydrogen) atoms. The van der Waals surface area contributed by atoms with Crippen molar-refractivity contribution in [3.63, 3.8) is 0 Å². The summed E-state index contributed by atoms with van der Waals surface area (Å²) in [6.45, 7) is 0. The lowest BCUT2D eigenvalue weighted by atomic mass is 9.93. The van der Waals surface area contributed by atoms with Gasteiger partial charge in [-0.2, -0.15) is 0 Å². The van der Waals surface area contributed by atoms with Crippen LogP contribution in [0.2, 0.25) is 0 Å². The fraction of sp³-hybridized carbons (Fsp3) is 0.455. The van der Waals surface area contributed by atoms with E-state index in [4.69, 9.17) is 15.4 Å². The van der Waals surface area contributed by atoms with Crippen molar-refractivity contribution in [1.82, 2.24) is 5.32 Å². The fourth-order valence-electron chi connectivity index (χ4n) is 3.43. The third-order valence-corrected chi connectivity index (χ3v) is 5.34. The lowest BCUT2D eigenvalue weighted by Crippen LogP contribution is -2.31. The molecule has 2 fully saturated rings. The Hall–Kier alpha value is -2.60. The second kappa shape index (κ2) is 9.55. The van der Waals surface area contributed by atoms with E-state index in [-0.39, 0.29) is 6.10 Å². The van der Waals surface area contributed by atoms with Gasteiger partial charge in [0.25, 0.3) is 0 Å². The van der Waals surface area contributed by atoms with Gasteiger partial charge in [-0.05, 0) is 50.7 Å². The molecule has 4 N–H and O–H groups in total. The zero-order valence-corrected chi connectivity index (χ0v) is 16.3. The summed E-state index contributed by atoms with van der Waals surface area (Å²) in [5, 5.41) is 33.6. The average Bonchev–Trinajstić information content (AvgIpc) is 3.54. The Kier molecular flexibility index (Phi) is 6.87. The number of hydrogen-bond donors (Lipinski definition) is 4. The summed E-state index contributed by atoms with van der Waals surface area (Å²) in [5.74, 6) is 1.03. The molecule has 150 valence electrons. The Morgan fingerprint density at radius 1 is 1.18 bits per heavy atom. The molecule has 0 bridgehead atoms. The largest absolute Gasteiger partial charge is 0.496 e. The highest BCUT2D eigenvalue weighted by Gasteiger charge is 2.26. The predicted molar refractivity (Wildman–Crippen MR) is 111 cm³/mol. The van der Waals surface area contributed by atoms with Crippen molar-refractivity contribution in [3.05, 3.63) is 59.6 Å². The fourth-order valence-corrected chi connectivity index (χ4v) is 3.43. The number of hydrogen-bond acceptors (Lipinski definition) is 6. The Labute approximate surface area is 166 Å². The molecule has 3 aliphatic carbocycles. The highest BCUT2D eigenvalue weighted by molar-refractivity contribution is 6.10. The molecule has 0 radical (unpaired) electrons. The normalized spacial score (nSPS) is 28.0. The number of ether oxygens (including phenoxy) is 1. The zero-order valence-electron chi connectivity index (χ0n) is 16.3. The Morgan fingerprint density at radius 2 is 1.93 bits per heavy atom. The van der Waals surface area contributed by atoms with E-state index >= 15 is 0 Å². The minimum Gasteiger partial charge on any atom is -0.496 e. The highest BCUT2D eigenvalue weighted by Crippen LogP contribution is 2.31. The van der Waals surface area contributed by atoms with Crippen LogP contribution in [0, 0.1) is 11.3 Å². The van der Waals surface area contributed by atoms with Gasteiger partial charge in [-0.1, -0.05) is 23.4 Å². The number of oxime groups is 1. The van der Waals surface area contributed by atoms with Crippen molar-refractivity contribution in [2.24, 2.45) is 11.1 Å². The Bertz CT molecular complexity index is 762. The average molecular weight is 383 g/mol. The van der Waals surface area contributed by atoms with E-state index in [1.165, 1.54) is 0 Å². The summed E-state index contributed by atoms with van der Waals surface area (Å²) >= 11 is 0. The molecule has 3 aliphatic rings. The summed E-state index contributed by atoms with van der Waals surface area (Å²) in [6.07, 6.45) is 18.5. The molecular formula is C22H29N3O3. The van der Waals surface area contributed by atoms with Crippen LogP contribution in [-0.4, -0.2) is 41.0 Å². The first-order valence-electron chi connectivity index (χ1n) is 9.88. The number of allylic oxidation sites excluding steroid dienone is 7. The summed E-state index contributed by atoms with van der Waals surface area (Å²) in [7, 11) is 1.60. The van der Waals surface area contributed by atoms with Crippen LogP contribution in [0.25, 0.3) is 0 Å². The van der Waals surface area contributed by atoms with Gasteiger partial charge in [0.05, 0.1) is 24.6 Å². The quantitative estimate of drug-likeness (QED) is 0.234. The van der Waals surface area contributed by atoms with Crippen LogP contribution in [0.3, 0.4) is 0 Å². The van der Waals surface area contributed by atoms with E-state index in [1.807, 2.05) is 36.6 Å². The maximum Gasteiger partial charge on any atom is 0.128 e. The molecule has 0 unspecified atom stereocenters. The van der Waals surface area contributed by atoms with Crippen LogP contribution in [0.15, 0.2) is 64.7 Å². The van der Waals surface area contributed by atoms with Crippen molar-refractivity contribution in [2.75, 3.05) is 7.11 Å². The molecule has 0 aliphatic heterocycles. The third-order valence-electron chi connectivity index (χ3n) is 5.34. The third kappa shape index (κ3) is 5.45. The van der Waals surface area contributed by atoms with Gasteiger partial charge in [-0.25, -0.2) is 0 Å². The second-order valence-corrected chi connectivity index (χ2v) is 7.52. The van der Waals surface area contributed by atoms with Gasteiger partial charge in [-0.3, -0.25) is 0 Å². The standard InChI is InChI=1S/C22H29N3O3/c1-28-22-13-20(23)17(14-24-18-8-10-19(26)11-9-18)12-16(22)4-2-3-5-21(25-27)15-6-7-15/h2-5,12-15,18-19,23-24,26-27H,6-11H2,1H3/b4-2+,5-3-,17-14-,23-20?,25-21-. The van der Waals surface area contributed by atoms with Crippen LogP contribution >= 0.6 is 0 Å². The molecule has 3 rings (SSSR count). The number of aliphatic hydroxyl groups is 1. The number of aliphatic hydroxyl groups excluding tert-OH is 1. The van der Waals surface area contributed by atoms with Crippen molar-refractivity contribution < 1.29 is 15.1 Å². The lowest BCUT2D eigenvalue weighted by molar-refractivity contribution is 0.119. The summed E-state index contributed by atoms with van der Waals surface area (Å²) in [5.41, 5.74) is 2.79. The topological polar surface area (TPSA) is 97.9 Å². The first-order chi connectivity index (χ1) is 13.6. The van der Waals surface area contributed by atoms with E-state index in [0.29, 0.717) is 29.1 Å². The molecule has 0 atom stereocenters. The zero-order chi connectivity index (χ0) is 19.9. The van der Waals surface area contributed by atoms with Crippen molar-refractivity contribution in [3.8, 4) is 0 Å². The predicted octanol–water partition coefficient (Wildman–Crippen LogP) is 3.61. The van der Waals surface area contributed by atoms with Gasteiger partial charge in [0.15, 0.2) is 0 Å². The second-order valence-electron chi connectivity index (χ2n) is 7.52. The first-order valence-corrected chi connectivity index (χ1v) is 9.88. The van der Waals surface area contributed by atoms with E-state index in [2.05, 4.69) is 10.5 Å². The van der Waals surface area contributed by atoms with Gasteiger partial charge in [0.2, 0.25) is 0 Å². The summed E-state index contributed by atoms with van der Waals surface area (Å²) in [4.78, 5) is 0. The van der Waals surface area contributed by atoms with Crippen molar-refractivity contribution in [1.29, 1.82) is 5.41 Å². The summed E-state index contributed by atoms with van der Waals surface area (Å²) < 4.78 is 5.41. The number of methoxy groups -OCH3 is 1. The molecule has 0 aromatic rings. The number of nitrogens with one attached hydrogen (secondary N) is 2. The van der Waals surface area contributed by atoms with Crippen LogP contribution in [0.5, 0.6) is 0 Å². The van der Waals surface area contributed by atoms with Crippen LogP contribution < -0.4 is 5.32 Å². The van der Waals surface area contributed by atoms with E-state index in [0.717, 1.165) is 49.7 Å². The van der Waals surface area contributed by atoms with E-state index in [9.17, 15) is 5.11 Å². The van der Waals surface area contributed by atoms with Crippen LogP contribution in [0.1, 0.15) is 38.5 Å². The molecule has 0 aromatic heterocycles. The van der Waals surface area contributed by atoms with E-state index in [1.54, 1.807) is 13.2 Å². The van der Waals surface area contributed by atoms with Gasteiger partial charge in [0, 0.05) is 35.4 Å². The minimum atomic E-state index is -0.174. The van der Waals surface area contributed by atoms with Gasteiger partial charge in [-0.15, -0.1) is 0 Å². The van der Waals surface area contributed by atoms with Crippen molar-refractivity contribution in [2.45, 2.75) is 50.7 Å². The number of nitrogens with zero attached hydrogens (tertiary/aromatic N) is 1. The molecule has 6 nitrogen and oxygen atoms in total. The Morgan fingerprint density at radius 3 is 2.57 bits per heavy atom. The minimum absolute atomic E-state index is 0.174. The van der Waals surface area contributed by atoms with E-state index < -0.39 is 0 Å². The van der Waals surface area contributed by atoms with Crippen LogP contribution in [-0.2, 0) is 4.74 Å². The number of rotatable bonds is 7. The van der Waals surface area contributed by atoms with Gasteiger partial charge >= 0.3 is 0 Å². The molecule has 0 aromatic carbocycles. The van der Waals surface area contributed by atoms with Crippen molar-refractivity contribution >= 4 is 11.4 Å². The lowest BCUT2D eigenvalue weighted by Gasteiger charge is -2.26. The maximum absolute atomic E-state index is 9.62. The maximum atomic E-state index is 9.62. The molecule has 0 spiro atoms. The molecule has 2 saturated carbocycles. The molecule has 0 amide bonds. The molecule has 0 heterocycles. The molecule has 6 heteroatoms. The highest BCUT2D eigenvalue weighted by atomic mass is 16.5. The van der Waals surface area contributed by atoms with Gasteiger partial charge in [0.1, 0.15) is 5.76 Å². The smallest absolute Gasteiger partial charge is 0.128 e. The SMILES string of the molecule is COC1=CC(=N)/C(=C\NC2CCC(O)CC2)C=C1/C=C/C=C\C(=N\O)C1CC1. The Balaban J connectivity index is 1.66. The molecular weight excluding hydrogens is 354 g/mol. The van der Waals surface area contributed by atoms with Crippen LogP contribution in [0.4, 0.5) is 0 Å². The first kappa shape index (κ1) is 20.1. The molecule has 0 saturated heterocycles. The summed E-state index contributed by atoms with van der Waals surface area (Å²) in [6, 6.07) is 0.338. The van der Waals surface area contributed by atoms with Gasteiger partial charge < -0.3 is 25.8 Å².